The summed E-state index contributed by atoms with van der Waals surface area (Å²) in [4.78, 5) is 15.2. The molecule has 6 heteroatoms. The van der Waals surface area contributed by atoms with Crippen LogP contribution in [0.4, 0.5) is 5.69 Å². The highest BCUT2D eigenvalue weighted by atomic mass is 16.5. The summed E-state index contributed by atoms with van der Waals surface area (Å²) in [5.74, 6) is 1.80. The highest BCUT2D eigenvalue weighted by Gasteiger charge is 2.24. The van der Waals surface area contributed by atoms with E-state index in [1.807, 2.05) is 55.5 Å². The second kappa shape index (κ2) is 10.1. The first-order valence-electron chi connectivity index (χ1n) is 9.93. The summed E-state index contributed by atoms with van der Waals surface area (Å²) >= 11 is 0. The number of hydrogen-bond acceptors (Lipinski definition) is 3. The zero-order chi connectivity index (χ0) is 19.8. The Morgan fingerprint density at radius 3 is 2.36 bits per heavy atom. The van der Waals surface area contributed by atoms with E-state index < -0.39 is 0 Å². The Morgan fingerprint density at radius 1 is 1.00 bits per heavy atom. The first-order valence-corrected chi connectivity index (χ1v) is 9.93. The fourth-order valence-corrected chi connectivity index (χ4v) is 3.52. The lowest BCUT2D eigenvalue weighted by Gasteiger charge is -2.29. The van der Waals surface area contributed by atoms with Gasteiger partial charge in [-0.25, -0.2) is 0 Å². The van der Waals surface area contributed by atoms with Crippen molar-refractivity contribution in [2.75, 3.05) is 58.3 Å². The first-order chi connectivity index (χ1) is 13.6. The number of piperazine rings is 1. The number of nitrogens with one attached hydrogen (secondary N) is 3. The number of amides is 1. The van der Waals surface area contributed by atoms with Gasteiger partial charge in [0, 0.05) is 5.69 Å². The molecule has 3 N–H and O–H groups in total. The molecular formula is C22H31N3O3+2. The Balaban J connectivity index is 1.33. The Labute approximate surface area is 167 Å². The van der Waals surface area contributed by atoms with Crippen LogP contribution < -0.4 is 24.6 Å². The topological polar surface area (TPSA) is 56.4 Å². The third kappa shape index (κ3) is 6.25. The lowest BCUT2D eigenvalue weighted by Crippen LogP contribution is -3.28. The lowest BCUT2D eigenvalue weighted by atomic mass is 10.2. The van der Waals surface area contributed by atoms with Gasteiger partial charge in [-0.3, -0.25) is 4.79 Å². The normalized spacial score (nSPS) is 19.1. The molecule has 0 saturated carbocycles. The van der Waals surface area contributed by atoms with Crippen molar-refractivity contribution in [3.63, 3.8) is 0 Å². The van der Waals surface area contributed by atoms with Gasteiger partial charge < -0.3 is 24.6 Å². The van der Waals surface area contributed by atoms with E-state index in [4.69, 9.17) is 9.47 Å². The number of rotatable bonds is 8. The third-order valence-corrected chi connectivity index (χ3v) is 5.16. The second-order valence-corrected chi connectivity index (χ2v) is 7.37. The zero-order valence-corrected chi connectivity index (χ0v) is 16.8. The molecule has 1 heterocycles. The highest BCUT2D eigenvalue weighted by Crippen LogP contribution is 2.16. The highest BCUT2D eigenvalue weighted by molar-refractivity contribution is 5.91. The fraction of sp³-hybridized carbons (Fsp3) is 0.409. The Morgan fingerprint density at radius 2 is 1.68 bits per heavy atom. The van der Waals surface area contributed by atoms with E-state index >= 15 is 0 Å². The van der Waals surface area contributed by atoms with Crippen molar-refractivity contribution in [3.05, 3.63) is 54.1 Å². The molecule has 150 valence electrons. The minimum absolute atomic E-state index is 0.0897. The van der Waals surface area contributed by atoms with Crippen molar-refractivity contribution in [2.45, 2.75) is 6.92 Å². The zero-order valence-electron chi connectivity index (χ0n) is 16.8. The molecule has 0 spiro atoms. The molecular weight excluding hydrogens is 354 g/mol. The smallest absolute Gasteiger partial charge is 0.279 e. The van der Waals surface area contributed by atoms with Gasteiger partial charge in [0.15, 0.2) is 6.54 Å². The van der Waals surface area contributed by atoms with Crippen LogP contribution >= 0.6 is 0 Å². The number of methoxy groups -OCH3 is 1. The van der Waals surface area contributed by atoms with Gasteiger partial charge in [-0.2, -0.15) is 0 Å². The summed E-state index contributed by atoms with van der Waals surface area (Å²) in [7, 11) is 1.66. The maximum atomic E-state index is 12.3. The van der Waals surface area contributed by atoms with Gasteiger partial charge in [0.1, 0.15) is 50.8 Å². The maximum absolute atomic E-state index is 12.3. The molecule has 2 aromatic rings. The van der Waals surface area contributed by atoms with Crippen LogP contribution in [0.25, 0.3) is 0 Å². The summed E-state index contributed by atoms with van der Waals surface area (Å²) < 4.78 is 11.0. The van der Waals surface area contributed by atoms with Crippen LogP contribution in [0.5, 0.6) is 11.5 Å². The van der Waals surface area contributed by atoms with Gasteiger partial charge in [-0.1, -0.05) is 12.1 Å². The first kappa shape index (κ1) is 20.2. The molecule has 0 unspecified atom stereocenters. The minimum atomic E-state index is 0.0897. The predicted octanol–water partition coefficient (Wildman–Crippen LogP) is -0.195. The Hall–Kier alpha value is -2.57. The third-order valence-electron chi connectivity index (χ3n) is 5.16. The van der Waals surface area contributed by atoms with Crippen molar-refractivity contribution in [3.8, 4) is 11.5 Å². The lowest BCUT2D eigenvalue weighted by molar-refractivity contribution is -1.01. The van der Waals surface area contributed by atoms with Crippen molar-refractivity contribution >= 4 is 11.6 Å². The number of carbonyl (C=O) groups is 1. The molecule has 0 radical (unpaired) electrons. The molecule has 0 aliphatic carbocycles. The van der Waals surface area contributed by atoms with Gasteiger partial charge in [-0.05, 0) is 48.9 Å². The number of quaternary nitrogens is 2. The van der Waals surface area contributed by atoms with Crippen molar-refractivity contribution in [1.29, 1.82) is 0 Å². The summed E-state index contributed by atoms with van der Waals surface area (Å²) in [5.41, 5.74) is 2.03. The number of benzene rings is 2. The van der Waals surface area contributed by atoms with E-state index in [0.29, 0.717) is 13.2 Å². The average molecular weight is 386 g/mol. The molecule has 2 aromatic carbocycles. The SMILES string of the molecule is COc1ccc(OCC[NH+]2CC[NH+](CC(=O)Nc3cccc(C)c3)CC2)cc1. The van der Waals surface area contributed by atoms with Crippen molar-refractivity contribution in [2.24, 2.45) is 0 Å². The fourth-order valence-electron chi connectivity index (χ4n) is 3.52. The van der Waals surface area contributed by atoms with Crippen LogP contribution in [0.2, 0.25) is 0 Å². The molecule has 6 nitrogen and oxygen atoms in total. The van der Waals surface area contributed by atoms with Gasteiger partial charge in [-0.15, -0.1) is 0 Å². The van der Waals surface area contributed by atoms with Crippen LogP contribution in [0.1, 0.15) is 5.56 Å². The van der Waals surface area contributed by atoms with Gasteiger partial charge >= 0.3 is 0 Å². The van der Waals surface area contributed by atoms with E-state index in [0.717, 1.165) is 55.5 Å². The average Bonchev–Trinajstić information content (AvgIpc) is 2.70. The van der Waals surface area contributed by atoms with E-state index in [2.05, 4.69) is 5.32 Å². The van der Waals surface area contributed by atoms with Crippen molar-refractivity contribution in [1.82, 2.24) is 0 Å². The minimum Gasteiger partial charge on any atom is -0.497 e. The standard InChI is InChI=1S/C22H29N3O3/c1-18-4-3-5-19(16-18)23-22(26)17-25-12-10-24(11-13-25)14-15-28-21-8-6-20(27-2)7-9-21/h3-9,16H,10-15,17H2,1-2H3,(H,23,26)/p+2. The second-order valence-electron chi connectivity index (χ2n) is 7.37. The van der Waals surface area contributed by atoms with Crippen molar-refractivity contribution < 1.29 is 24.1 Å². The molecule has 1 saturated heterocycles. The van der Waals surface area contributed by atoms with E-state index in [1.54, 1.807) is 7.11 Å². The number of aryl methyl sites for hydroxylation is 1. The molecule has 0 atom stereocenters. The van der Waals surface area contributed by atoms with Gasteiger partial charge in [0.25, 0.3) is 5.91 Å². The van der Waals surface area contributed by atoms with Crippen LogP contribution in [0, 0.1) is 6.92 Å². The maximum Gasteiger partial charge on any atom is 0.279 e. The van der Waals surface area contributed by atoms with Crippen LogP contribution in [0.3, 0.4) is 0 Å². The van der Waals surface area contributed by atoms with Crippen LogP contribution in [-0.2, 0) is 4.79 Å². The van der Waals surface area contributed by atoms with E-state index in [-0.39, 0.29) is 5.91 Å². The number of anilines is 1. The molecule has 1 amide bonds. The quantitative estimate of drug-likeness (QED) is 0.590. The molecule has 3 rings (SSSR count). The van der Waals surface area contributed by atoms with E-state index in [1.165, 1.54) is 9.80 Å². The Bertz CT molecular complexity index is 756. The molecule has 1 aliphatic heterocycles. The summed E-state index contributed by atoms with van der Waals surface area (Å²) in [6.07, 6.45) is 0. The number of hydrogen-bond donors (Lipinski definition) is 3. The summed E-state index contributed by atoms with van der Waals surface area (Å²) in [5, 5.41) is 3.01. The predicted molar refractivity (Wildman–Crippen MR) is 109 cm³/mol. The summed E-state index contributed by atoms with van der Waals surface area (Å²) in [6.45, 7) is 8.40. The largest absolute Gasteiger partial charge is 0.497 e. The summed E-state index contributed by atoms with van der Waals surface area (Å²) in [6, 6.07) is 15.6. The molecule has 1 aliphatic rings. The number of ether oxygens (including phenoxy) is 2. The van der Waals surface area contributed by atoms with Gasteiger partial charge in [0.05, 0.1) is 7.11 Å². The monoisotopic (exact) mass is 385 g/mol. The molecule has 0 bridgehead atoms. The molecule has 1 fully saturated rings. The van der Waals surface area contributed by atoms with Gasteiger partial charge in [0.2, 0.25) is 0 Å². The van der Waals surface area contributed by atoms with Crippen LogP contribution in [-0.4, -0.2) is 58.9 Å². The molecule has 28 heavy (non-hydrogen) atoms. The number of carbonyl (C=O) groups excluding carboxylic acids is 1. The van der Waals surface area contributed by atoms with E-state index in [9.17, 15) is 4.79 Å². The molecule has 0 aromatic heterocycles. The van der Waals surface area contributed by atoms with Crippen LogP contribution in [0.15, 0.2) is 48.5 Å². The Kier molecular flexibility index (Phi) is 7.28.